The first kappa shape index (κ1) is 20.4. The Balaban J connectivity index is 1.50. The molecule has 10 heteroatoms. The first-order chi connectivity index (χ1) is 16.6. The van der Waals surface area contributed by atoms with Crippen LogP contribution in [0.25, 0.3) is 16.7 Å². The number of ether oxygens (including phenoxy) is 1. The van der Waals surface area contributed by atoms with Crippen LogP contribution in [-0.4, -0.2) is 33.8 Å². The molecule has 9 nitrogen and oxygen atoms in total. The minimum Gasteiger partial charge on any atom is -0.497 e. The average Bonchev–Trinajstić information content (AvgIpc) is 3.58. The number of fused-ring (bicyclic) bond motifs is 5. The largest absolute Gasteiger partial charge is 0.497 e. The van der Waals surface area contributed by atoms with Gasteiger partial charge in [-0.25, -0.2) is 9.37 Å². The summed E-state index contributed by atoms with van der Waals surface area (Å²) < 4.78 is 22.8. The number of nitrogens with zero attached hydrogens (tertiary/aromatic N) is 7. The van der Waals surface area contributed by atoms with Crippen molar-refractivity contribution in [2.45, 2.75) is 32.4 Å². The normalized spacial score (nSPS) is 16.0. The van der Waals surface area contributed by atoms with Gasteiger partial charge in [0.05, 0.1) is 30.6 Å². The fourth-order valence-electron chi connectivity index (χ4n) is 4.30. The molecular formula is C24H21FN7O2-. The van der Waals surface area contributed by atoms with E-state index >= 15 is 0 Å². The summed E-state index contributed by atoms with van der Waals surface area (Å²) in [4.78, 5) is 10.1. The van der Waals surface area contributed by atoms with E-state index in [-0.39, 0.29) is 12.0 Å². The van der Waals surface area contributed by atoms with Gasteiger partial charge in [0.2, 0.25) is 0 Å². The van der Waals surface area contributed by atoms with Crippen LogP contribution in [0.3, 0.4) is 0 Å². The van der Waals surface area contributed by atoms with Gasteiger partial charge in [-0.15, -0.1) is 5.10 Å². The van der Waals surface area contributed by atoms with Gasteiger partial charge >= 0.3 is 0 Å². The van der Waals surface area contributed by atoms with Crippen LogP contribution in [0.15, 0.2) is 53.9 Å². The predicted molar refractivity (Wildman–Crippen MR) is 120 cm³/mol. The van der Waals surface area contributed by atoms with Crippen molar-refractivity contribution in [1.29, 1.82) is 0 Å². The van der Waals surface area contributed by atoms with Crippen molar-refractivity contribution in [3.8, 4) is 17.1 Å². The second-order valence-corrected chi connectivity index (χ2v) is 8.15. The van der Waals surface area contributed by atoms with E-state index in [1.807, 2.05) is 34.4 Å². The van der Waals surface area contributed by atoms with Crippen LogP contribution in [0, 0.1) is 5.82 Å². The number of aromatic nitrogens is 5. The molecule has 0 fully saturated rings. The molecule has 0 aliphatic carbocycles. The van der Waals surface area contributed by atoms with E-state index in [9.17, 15) is 4.39 Å². The zero-order valence-corrected chi connectivity index (χ0v) is 18.6. The van der Waals surface area contributed by atoms with Gasteiger partial charge in [-0.3, -0.25) is 19.6 Å². The lowest BCUT2D eigenvalue weighted by Gasteiger charge is -2.14. The molecular weight excluding hydrogens is 437 g/mol. The highest BCUT2D eigenvalue weighted by atomic mass is 19.1. The van der Waals surface area contributed by atoms with Gasteiger partial charge in [-0.2, -0.15) is 0 Å². The lowest BCUT2D eigenvalue weighted by atomic mass is 10.1. The van der Waals surface area contributed by atoms with Gasteiger partial charge in [-0.1, -0.05) is 19.1 Å². The van der Waals surface area contributed by atoms with Gasteiger partial charge in [0, 0.05) is 18.3 Å². The maximum absolute atomic E-state index is 13.4. The summed E-state index contributed by atoms with van der Waals surface area (Å²) in [6, 6.07) is 12.2. The number of rotatable bonds is 5. The zero-order valence-electron chi connectivity index (χ0n) is 18.6. The Kier molecular flexibility index (Phi) is 4.79. The molecule has 2 aromatic carbocycles. The lowest BCUT2D eigenvalue weighted by molar-refractivity contribution is -0.671. The molecule has 6 rings (SSSR count). The molecule has 4 heterocycles. The molecule has 2 aliphatic rings. The maximum atomic E-state index is 13.4. The van der Waals surface area contributed by atoms with Crippen molar-refractivity contribution in [3.63, 3.8) is 0 Å². The van der Waals surface area contributed by atoms with Gasteiger partial charge in [0.15, 0.2) is 5.69 Å². The SMILES string of the molecule is CCC1[N-]C(c2ncn3c2Cc2c(Cc4ccc(F)cc4)n[n-][n+]2-c2cc(OC)ccc2-3)=NO1. The van der Waals surface area contributed by atoms with Crippen molar-refractivity contribution < 1.29 is 18.6 Å². The molecule has 2 aliphatic heterocycles. The molecule has 1 atom stereocenters. The summed E-state index contributed by atoms with van der Waals surface area (Å²) in [5.41, 5.74) is 5.94. The highest BCUT2D eigenvalue weighted by Gasteiger charge is 2.29. The quantitative estimate of drug-likeness (QED) is 0.378. The smallest absolute Gasteiger partial charge is 0.179 e. The standard InChI is InChI=1S/C24H21FN7O2/c1-3-22-27-24(29-34-22)23-21-12-19-17(10-14-4-6-15(25)7-5-14)28-30-32(19)20-11-16(33-2)8-9-18(20)31(21)13-26-23/h4-9,11,13,22H,3,10,12H2,1-2H3/q-1. The van der Waals surface area contributed by atoms with Crippen molar-refractivity contribution in [2.75, 3.05) is 7.11 Å². The maximum Gasteiger partial charge on any atom is 0.179 e. The molecule has 1 unspecified atom stereocenters. The van der Waals surface area contributed by atoms with Crippen molar-refractivity contribution in [1.82, 2.24) is 19.9 Å². The van der Waals surface area contributed by atoms with E-state index < -0.39 is 0 Å². The second kappa shape index (κ2) is 7.98. The molecule has 0 spiro atoms. The third kappa shape index (κ3) is 3.30. The molecule has 0 N–H and O–H groups in total. The van der Waals surface area contributed by atoms with Crippen molar-refractivity contribution in [3.05, 3.63) is 88.3 Å². The van der Waals surface area contributed by atoms with Crippen LogP contribution in [0.4, 0.5) is 4.39 Å². The van der Waals surface area contributed by atoms with E-state index in [4.69, 9.17) is 9.57 Å². The number of amidine groups is 1. The molecule has 0 bridgehead atoms. The first-order valence-electron chi connectivity index (χ1n) is 11.0. The van der Waals surface area contributed by atoms with Crippen molar-refractivity contribution in [2.24, 2.45) is 5.16 Å². The fraction of sp³-hybridized carbons (Fsp3) is 0.250. The molecule has 4 aromatic rings. The van der Waals surface area contributed by atoms with E-state index in [1.54, 1.807) is 25.6 Å². The molecule has 0 radical (unpaired) electrons. The highest BCUT2D eigenvalue weighted by Crippen LogP contribution is 2.31. The number of hydrogen-bond donors (Lipinski definition) is 0. The Hall–Kier alpha value is -4.21. The van der Waals surface area contributed by atoms with E-state index in [0.717, 1.165) is 40.4 Å². The second-order valence-electron chi connectivity index (χ2n) is 8.15. The van der Waals surface area contributed by atoms with Crippen LogP contribution in [0.1, 0.15) is 41.7 Å². The van der Waals surface area contributed by atoms with E-state index in [2.05, 4.69) is 25.8 Å². The molecule has 0 saturated heterocycles. The average molecular weight is 458 g/mol. The van der Waals surface area contributed by atoms with Crippen LogP contribution < -0.4 is 14.6 Å². The highest BCUT2D eigenvalue weighted by molar-refractivity contribution is 6.08. The number of oxime groups is 1. The summed E-state index contributed by atoms with van der Waals surface area (Å²) >= 11 is 0. The Morgan fingerprint density at radius 2 is 2.09 bits per heavy atom. The Morgan fingerprint density at radius 3 is 2.85 bits per heavy atom. The molecule has 34 heavy (non-hydrogen) atoms. The van der Waals surface area contributed by atoms with Gasteiger partial charge < -0.3 is 14.9 Å². The van der Waals surface area contributed by atoms with Crippen LogP contribution >= 0.6 is 0 Å². The fourth-order valence-corrected chi connectivity index (χ4v) is 4.30. The summed E-state index contributed by atoms with van der Waals surface area (Å²) in [5, 5.41) is 17.7. The summed E-state index contributed by atoms with van der Waals surface area (Å²) in [7, 11) is 1.63. The number of methoxy groups -OCH3 is 1. The van der Waals surface area contributed by atoms with Gasteiger partial charge in [0.25, 0.3) is 0 Å². The third-order valence-corrected chi connectivity index (χ3v) is 6.09. The van der Waals surface area contributed by atoms with E-state index in [0.29, 0.717) is 30.1 Å². The summed E-state index contributed by atoms with van der Waals surface area (Å²) in [6.07, 6.45) is 3.22. The topological polar surface area (TPSA) is 93.6 Å². The number of hydrogen-bond acceptors (Lipinski definition) is 5. The van der Waals surface area contributed by atoms with Gasteiger partial charge in [0.1, 0.15) is 35.5 Å². The number of imidazole rings is 1. The molecule has 0 saturated carbocycles. The third-order valence-electron chi connectivity index (χ3n) is 6.09. The monoisotopic (exact) mass is 458 g/mol. The first-order valence-corrected chi connectivity index (χ1v) is 11.0. The predicted octanol–water partition coefficient (Wildman–Crippen LogP) is 2.95. The minimum absolute atomic E-state index is 0.270. The number of benzene rings is 2. The zero-order chi connectivity index (χ0) is 23.2. The molecule has 172 valence electrons. The van der Waals surface area contributed by atoms with E-state index in [1.165, 1.54) is 12.1 Å². The number of halogens is 1. The summed E-state index contributed by atoms with van der Waals surface area (Å²) in [5.74, 6) is 0.920. The van der Waals surface area contributed by atoms with Crippen molar-refractivity contribution >= 4 is 5.84 Å². The Labute approximate surface area is 194 Å². The lowest BCUT2D eigenvalue weighted by Crippen LogP contribution is -2.39. The van der Waals surface area contributed by atoms with Crippen LogP contribution in [0.2, 0.25) is 0 Å². The molecule has 2 aromatic heterocycles. The Bertz CT molecular complexity index is 1410. The molecule has 0 amide bonds. The van der Waals surface area contributed by atoms with Crippen LogP contribution in [0.5, 0.6) is 5.75 Å². The van der Waals surface area contributed by atoms with Crippen LogP contribution in [-0.2, 0) is 17.7 Å². The Morgan fingerprint density at radius 1 is 1.24 bits per heavy atom. The summed E-state index contributed by atoms with van der Waals surface area (Å²) in [6.45, 7) is 2.00. The van der Waals surface area contributed by atoms with Gasteiger partial charge in [-0.05, 0) is 36.2 Å². The minimum atomic E-state index is -0.295.